The Hall–Kier alpha value is -1.91. The first-order chi connectivity index (χ1) is 10.1. The molecule has 1 aromatic rings. The van der Waals surface area contributed by atoms with E-state index in [9.17, 15) is 9.90 Å². The molecule has 0 unspecified atom stereocenters. The van der Waals surface area contributed by atoms with Crippen molar-refractivity contribution < 1.29 is 9.90 Å². The van der Waals surface area contributed by atoms with Crippen LogP contribution in [0.5, 0.6) is 0 Å². The lowest BCUT2D eigenvalue weighted by molar-refractivity contribution is 0.0661. The fourth-order valence-corrected chi connectivity index (χ4v) is 3.32. The number of nitrogens with zero attached hydrogens (tertiary/aromatic N) is 2. The van der Waals surface area contributed by atoms with Crippen molar-refractivity contribution in [3.05, 3.63) is 24.3 Å². The zero-order valence-corrected chi connectivity index (χ0v) is 14.1. The average Bonchev–Trinajstić information content (AvgIpc) is 2.38. The van der Waals surface area contributed by atoms with Crippen molar-refractivity contribution in [2.75, 3.05) is 23.7 Å². The molecule has 1 heterocycles. The molecule has 122 valence electrons. The molecule has 3 N–H and O–H groups in total. The molecule has 1 aromatic carbocycles. The van der Waals surface area contributed by atoms with Gasteiger partial charge in [0, 0.05) is 30.5 Å². The molecule has 5 nitrogen and oxygen atoms in total. The molecule has 22 heavy (non-hydrogen) atoms. The van der Waals surface area contributed by atoms with E-state index in [-0.39, 0.29) is 17.0 Å². The number of amides is 1. The quantitative estimate of drug-likeness (QED) is 0.781. The highest BCUT2D eigenvalue weighted by Crippen LogP contribution is 2.43. The van der Waals surface area contributed by atoms with Crippen LogP contribution >= 0.6 is 0 Å². The first-order valence-electron chi connectivity index (χ1n) is 7.69. The summed E-state index contributed by atoms with van der Waals surface area (Å²) >= 11 is 0. The van der Waals surface area contributed by atoms with Crippen LogP contribution < -0.4 is 10.6 Å². The van der Waals surface area contributed by atoms with E-state index < -0.39 is 6.09 Å². The van der Waals surface area contributed by atoms with Crippen molar-refractivity contribution in [2.24, 2.45) is 5.41 Å². The third-order valence-corrected chi connectivity index (χ3v) is 5.01. The summed E-state index contributed by atoms with van der Waals surface area (Å²) in [5.41, 5.74) is 7.23. The first-order valence-corrected chi connectivity index (χ1v) is 7.69. The van der Waals surface area contributed by atoms with Crippen molar-refractivity contribution in [3.8, 4) is 0 Å². The third-order valence-electron chi connectivity index (χ3n) is 5.01. The maximum Gasteiger partial charge on any atom is 0.407 e. The summed E-state index contributed by atoms with van der Waals surface area (Å²) in [6.45, 7) is 11.7. The van der Waals surface area contributed by atoms with Crippen molar-refractivity contribution in [3.63, 3.8) is 0 Å². The van der Waals surface area contributed by atoms with Gasteiger partial charge in [-0.1, -0.05) is 20.8 Å². The first kappa shape index (κ1) is 16.5. The standard InChI is InChI=1S/C17H27N3O2/c1-12-10-19(15(21)22)11-17(5,16(2,3)4)20(12)14-8-6-13(18)7-9-14/h6-9,12H,10-11,18H2,1-5H3,(H,21,22)/t12-,17+/m1/s1. The van der Waals surface area contributed by atoms with Gasteiger partial charge in [-0.15, -0.1) is 0 Å². The Labute approximate surface area is 132 Å². The van der Waals surface area contributed by atoms with Gasteiger partial charge < -0.3 is 20.6 Å². The van der Waals surface area contributed by atoms with E-state index in [1.54, 1.807) is 0 Å². The van der Waals surface area contributed by atoms with Gasteiger partial charge in [0.1, 0.15) is 0 Å². The molecule has 1 aliphatic heterocycles. The maximum absolute atomic E-state index is 11.5. The molecule has 1 amide bonds. The molecule has 1 fully saturated rings. The summed E-state index contributed by atoms with van der Waals surface area (Å²) in [6.07, 6.45) is -0.848. The fraction of sp³-hybridized carbons (Fsp3) is 0.588. The molecular formula is C17H27N3O2. The largest absolute Gasteiger partial charge is 0.465 e. The number of nitrogen functional groups attached to an aromatic ring is 1. The van der Waals surface area contributed by atoms with Crippen LogP contribution in [0.4, 0.5) is 16.2 Å². The Balaban J connectivity index is 2.49. The molecule has 2 rings (SSSR count). The summed E-state index contributed by atoms with van der Waals surface area (Å²) in [5, 5.41) is 9.44. The molecule has 5 heteroatoms. The van der Waals surface area contributed by atoms with Crippen molar-refractivity contribution in [1.29, 1.82) is 0 Å². The summed E-state index contributed by atoms with van der Waals surface area (Å²) in [6, 6.07) is 7.93. The third kappa shape index (κ3) is 2.72. The minimum absolute atomic E-state index is 0.0865. The van der Waals surface area contributed by atoms with Gasteiger partial charge in [0.25, 0.3) is 0 Å². The van der Waals surface area contributed by atoms with Gasteiger partial charge in [0.05, 0.1) is 5.54 Å². The van der Waals surface area contributed by atoms with E-state index in [4.69, 9.17) is 5.73 Å². The second kappa shape index (κ2) is 5.38. The molecule has 0 spiro atoms. The van der Waals surface area contributed by atoms with E-state index >= 15 is 0 Å². The molecule has 0 aromatic heterocycles. The van der Waals surface area contributed by atoms with Crippen molar-refractivity contribution in [1.82, 2.24) is 4.90 Å². The average molecular weight is 305 g/mol. The monoisotopic (exact) mass is 305 g/mol. The zero-order valence-electron chi connectivity index (χ0n) is 14.1. The molecule has 2 atom stereocenters. The van der Waals surface area contributed by atoms with Gasteiger partial charge in [-0.05, 0) is 43.5 Å². The normalized spacial score (nSPS) is 26.1. The number of hydrogen-bond donors (Lipinski definition) is 2. The second-order valence-electron chi connectivity index (χ2n) is 7.50. The number of anilines is 2. The number of hydrogen-bond acceptors (Lipinski definition) is 3. The summed E-state index contributed by atoms with van der Waals surface area (Å²) in [4.78, 5) is 15.4. The van der Waals surface area contributed by atoms with E-state index in [2.05, 4.69) is 39.5 Å². The molecule has 0 radical (unpaired) electrons. The van der Waals surface area contributed by atoms with E-state index in [1.807, 2.05) is 24.3 Å². The van der Waals surface area contributed by atoms with Crippen LogP contribution in [0.3, 0.4) is 0 Å². The maximum atomic E-state index is 11.5. The number of benzene rings is 1. The van der Waals surface area contributed by atoms with E-state index in [1.165, 1.54) is 4.90 Å². The highest BCUT2D eigenvalue weighted by Gasteiger charge is 2.49. The number of nitrogens with two attached hydrogens (primary N) is 1. The Morgan fingerprint density at radius 2 is 1.86 bits per heavy atom. The van der Waals surface area contributed by atoms with Crippen LogP contribution in [0.1, 0.15) is 34.6 Å². The number of carbonyl (C=O) groups is 1. The van der Waals surface area contributed by atoms with Crippen molar-refractivity contribution in [2.45, 2.75) is 46.2 Å². The van der Waals surface area contributed by atoms with Crippen LogP contribution in [-0.4, -0.2) is 40.8 Å². The highest BCUT2D eigenvalue weighted by atomic mass is 16.4. The lowest BCUT2D eigenvalue weighted by Crippen LogP contribution is -2.70. The second-order valence-corrected chi connectivity index (χ2v) is 7.50. The molecule has 0 saturated carbocycles. The van der Waals surface area contributed by atoms with E-state index in [0.717, 1.165) is 11.4 Å². The molecular weight excluding hydrogens is 278 g/mol. The molecule has 1 aliphatic rings. The lowest BCUT2D eigenvalue weighted by atomic mass is 9.71. The summed E-state index contributed by atoms with van der Waals surface area (Å²) in [7, 11) is 0. The minimum atomic E-state index is -0.848. The molecule has 1 saturated heterocycles. The Bertz CT molecular complexity index is 550. The van der Waals surface area contributed by atoms with Gasteiger partial charge >= 0.3 is 6.09 Å². The lowest BCUT2D eigenvalue weighted by Gasteiger charge is -2.58. The Kier molecular flexibility index (Phi) is 4.02. The number of rotatable bonds is 1. The topological polar surface area (TPSA) is 69.8 Å². The van der Waals surface area contributed by atoms with Crippen LogP contribution in [0.15, 0.2) is 24.3 Å². The Morgan fingerprint density at radius 1 is 1.32 bits per heavy atom. The number of piperazine rings is 1. The molecule has 0 bridgehead atoms. The van der Waals surface area contributed by atoms with Crippen molar-refractivity contribution >= 4 is 17.5 Å². The SMILES string of the molecule is C[C@@H]1CN(C(=O)O)C[C@@](C)(C(C)(C)C)N1c1ccc(N)cc1. The number of carboxylic acid groups (broad SMARTS) is 1. The van der Waals surface area contributed by atoms with E-state index in [0.29, 0.717) is 13.1 Å². The van der Waals surface area contributed by atoms with Gasteiger partial charge in [-0.2, -0.15) is 0 Å². The zero-order chi connectivity index (χ0) is 16.7. The van der Waals surface area contributed by atoms with Crippen LogP contribution in [0, 0.1) is 5.41 Å². The minimum Gasteiger partial charge on any atom is -0.465 e. The predicted molar refractivity (Wildman–Crippen MR) is 90.3 cm³/mol. The van der Waals surface area contributed by atoms with Crippen LogP contribution in [-0.2, 0) is 0 Å². The Morgan fingerprint density at radius 3 is 2.32 bits per heavy atom. The predicted octanol–water partition coefficient (Wildman–Crippen LogP) is 3.26. The molecule has 0 aliphatic carbocycles. The van der Waals surface area contributed by atoms with Crippen LogP contribution in [0.2, 0.25) is 0 Å². The smallest absolute Gasteiger partial charge is 0.407 e. The summed E-state index contributed by atoms with van der Waals surface area (Å²) in [5.74, 6) is 0. The fourth-order valence-electron chi connectivity index (χ4n) is 3.32. The van der Waals surface area contributed by atoms with Gasteiger partial charge in [-0.25, -0.2) is 4.79 Å². The highest BCUT2D eigenvalue weighted by molar-refractivity contribution is 5.67. The van der Waals surface area contributed by atoms with Gasteiger partial charge in [0.15, 0.2) is 0 Å². The van der Waals surface area contributed by atoms with Gasteiger partial charge in [-0.3, -0.25) is 0 Å². The van der Waals surface area contributed by atoms with Gasteiger partial charge in [0.2, 0.25) is 0 Å². The summed E-state index contributed by atoms with van der Waals surface area (Å²) < 4.78 is 0. The van der Waals surface area contributed by atoms with Crippen LogP contribution in [0.25, 0.3) is 0 Å².